The van der Waals surface area contributed by atoms with Crippen LogP contribution in [0.25, 0.3) is 0 Å². The molecule has 0 saturated heterocycles. The Balaban J connectivity index is 1.92. The molecule has 1 amide bonds. The molecule has 2 aromatic rings. The standard InChI is InChI=1S/C17H19N3O4/c1-2-18-15-9-8-13(12-16(15)20(22)23)17(21)19-10-11-24-14-6-4-3-5-7-14/h3-9,12,18H,2,10-11H2,1H3,(H,19,21). The van der Waals surface area contributed by atoms with Gasteiger partial charge in [0.25, 0.3) is 11.6 Å². The Kier molecular flexibility index (Phi) is 6.13. The third-order valence-electron chi connectivity index (χ3n) is 3.22. The number of carbonyl (C=O) groups excluding carboxylic acids is 1. The van der Waals surface area contributed by atoms with E-state index in [2.05, 4.69) is 10.6 Å². The van der Waals surface area contributed by atoms with Gasteiger partial charge in [0, 0.05) is 18.2 Å². The van der Waals surface area contributed by atoms with Gasteiger partial charge in [-0.15, -0.1) is 0 Å². The maximum atomic E-state index is 12.1. The highest BCUT2D eigenvalue weighted by molar-refractivity contribution is 5.95. The molecule has 24 heavy (non-hydrogen) atoms. The fourth-order valence-corrected chi connectivity index (χ4v) is 2.12. The number of nitrogens with zero attached hydrogens (tertiary/aromatic N) is 1. The summed E-state index contributed by atoms with van der Waals surface area (Å²) in [5.41, 5.74) is 0.513. The zero-order valence-corrected chi connectivity index (χ0v) is 13.3. The van der Waals surface area contributed by atoms with E-state index in [0.29, 0.717) is 25.4 Å². The monoisotopic (exact) mass is 329 g/mol. The van der Waals surface area contributed by atoms with Gasteiger partial charge in [0.05, 0.1) is 11.5 Å². The predicted molar refractivity (Wildman–Crippen MR) is 91.5 cm³/mol. The summed E-state index contributed by atoms with van der Waals surface area (Å²) in [5.74, 6) is 0.343. The number of nitro groups is 1. The van der Waals surface area contributed by atoms with Gasteiger partial charge in [0.2, 0.25) is 0 Å². The summed E-state index contributed by atoms with van der Waals surface area (Å²) in [6.45, 7) is 3.02. The van der Waals surface area contributed by atoms with Gasteiger partial charge >= 0.3 is 0 Å². The Bertz CT molecular complexity index is 704. The van der Waals surface area contributed by atoms with Crippen LogP contribution in [-0.4, -0.2) is 30.5 Å². The van der Waals surface area contributed by atoms with E-state index in [1.54, 1.807) is 6.07 Å². The van der Waals surface area contributed by atoms with Crippen LogP contribution in [-0.2, 0) is 0 Å². The summed E-state index contributed by atoms with van der Waals surface area (Å²) in [4.78, 5) is 22.7. The Hall–Kier alpha value is -3.09. The van der Waals surface area contributed by atoms with Crippen LogP contribution in [0.1, 0.15) is 17.3 Å². The van der Waals surface area contributed by atoms with E-state index in [4.69, 9.17) is 4.74 Å². The molecule has 7 nitrogen and oxygen atoms in total. The molecule has 2 rings (SSSR count). The van der Waals surface area contributed by atoms with Gasteiger partial charge in [-0.3, -0.25) is 14.9 Å². The van der Waals surface area contributed by atoms with Crippen molar-refractivity contribution in [1.29, 1.82) is 0 Å². The van der Waals surface area contributed by atoms with Crippen LogP contribution in [0.4, 0.5) is 11.4 Å². The fourth-order valence-electron chi connectivity index (χ4n) is 2.12. The first-order valence-electron chi connectivity index (χ1n) is 7.60. The number of benzene rings is 2. The van der Waals surface area contributed by atoms with Crippen molar-refractivity contribution in [2.45, 2.75) is 6.92 Å². The average Bonchev–Trinajstić information content (AvgIpc) is 2.60. The highest BCUT2D eigenvalue weighted by Gasteiger charge is 2.16. The van der Waals surface area contributed by atoms with Crippen LogP contribution in [0, 0.1) is 10.1 Å². The lowest BCUT2D eigenvalue weighted by atomic mass is 10.1. The van der Waals surface area contributed by atoms with Gasteiger partial charge < -0.3 is 15.4 Å². The second-order valence-electron chi connectivity index (χ2n) is 4.94. The number of nitro benzene ring substituents is 1. The number of para-hydroxylation sites is 1. The number of nitrogens with one attached hydrogen (secondary N) is 2. The number of carbonyl (C=O) groups is 1. The molecule has 0 aliphatic carbocycles. The topological polar surface area (TPSA) is 93.5 Å². The molecular weight excluding hydrogens is 310 g/mol. The molecule has 126 valence electrons. The molecule has 0 unspecified atom stereocenters. The first-order chi connectivity index (χ1) is 11.6. The van der Waals surface area contributed by atoms with Gasteiger partial charge in [-0.25, -0.2) is 0 Å². The highest BCUT2D eigenvalue weighted by Crippen LogP contribution is 2.25. The first-order valence-corrected chi connectivity index (χ1v) is 7.60. The second kappa shape index (κ2) is 8.52. The number of hydrogen-bond donors (Lipinski definition) is 2. The molecule has 2 N–H and O–H groups in total. The van der Waals surface area contributed by atoms with Crippen LogP contribution >= 0.6 is 0 Å². The lowest BCUT2D eigenvalue weighted by molar-refractivity contribution is -0.384. The van der Waals surface area contributed by atoms with Crippen molar-refractivity contribution in [3.05, 3.63) is 64.2 Å². The Morgan fingerprint density at radius 2 is 1.96 bits per heavy atom. The first kappa shape index (κ1) is 17.3. The molecule has 0 spiro atoms. The van der Waals surface area contributed by atoms with E-state index in [1.807, 2.05) is 37.3 Å². The zero-order chi connectivity index (χ0) is 17.4. The SMILES string of the molecule is CCNc1ccc(C(=O)NCCOc2ccccc2)cc1[N+](=O)[O-]. The molecule has 2 aromatic carbocycles. The van der Waals surface area contributed by atoms with E-state index in [9.17, 15) is 14.9 Å². The van der Waals surface area contributed by atoms with Gasteiger partial charge in [-0.05, 0) is 31.2 Å². The van der Waals surface area contributed by atoms with E-state index >= 15 is 0 Å². The summed E-state index contributed by atoms with van der Waals surface area (Å²) >= 11 is 0. The quantitative estimate of drug-likeness (QED) is 0.441. The maximum absolute atomic E-state index is 12.1. The van der Waals surface area contributed by atoms with E-state index in [0.717, 1.165) is 5.75 Å². The third kappa shape index (κ3) is 4.70. The molecule has 0 aromatic heterocycles. The molecular formula is C17H19N3O4. The highest BCUT2D eigenvalue weighted by atomic mass is 16.6. The summed E-state index contributed by atoms with van der Waals surface area (Å²) < 4.78 is 5.47. The third-order valence-corrected chi connectivity index (χ3v) is 3.22. The minimum Gasteiger partial charge on any atom is -0.492 e. The van der Waals surface area contributed by atoms with Crippen LogP contribution in [0.2, 0.25) is 0 Å². The summed E-state index contributed by atoms with van der Waals surface area (Å²) in [6.07, 6.45) is 0. The van der Waals surface area contributed by atoms with Crippen LogP contribution < -0.4 is 15.4 Å². The van der Waals surface area contributed by atoms with Crippen LogP contribution in [0.15, 0.2) is 48.5 Å². The van der Waals surface area contributed by atoms with Crippen molar-refractivity contribution in [1.82, 2.24) is 5.32 Å². The van der Waals surface area contributed by atoms with Gasteiger partial charge in [-0.2, -0.15) is 0 Å². The van der Waals surface area contributed by atoms with E-state index in [-0.39, 0.29) is 17.2 Å². The molecule has 0 fully saturated rings. The summed E-state index contributed by atoms with van der Waals surface area (Å²) in [6, 6.07) is 13.6. The lowest BCUT2D eigenvalue weighted by Crippen LogP contribution is -2.28. The predicted octanol–water partition coefficient (Wildman–Crippen LogP) is 2.84. The molecule has 0 heterocycles. The molecule has 0 atom stereocenters. The van der Waals surface area contributed by atoms with Crippen LogP contribution in [0.5, 0.6) is 5.75 Å². The number of rotatable bonds is 8. The van der Waals surface area contributed by atoms with Crippen molar-refractivity contribution < 1.29 is 14.5 Å². The normalized spacial score (nSPS) is 10.0. The molecule has 0 bridgehead atoms. The summed E-state index contributed by atoms with van der Waals surface area (Å²) in [7, 11) is 0. The van der Waals surface area contributed by atoms with Gasteiger partial charge in [-0.1, -0.05) is 18.2 Å². The second-order valence-corrected chi connectivity index (χ2v) is 4.94. The Morgan fingerprint density at radius 3 is 2.62 bits per heavy atom. The van der Waals surface area contributed by atoms with Crippen molar-refractivity contribution in [2.24, 2.45) is 0 Å². The Labute approximate surface area is 139 Å². The minimum absolute atomic E-state index is 0.120. The smallest absolute Gasteiger partial charge is 0.293 e. The van der Waals surface area contributed by atoms with Crippen LogP contribution in [0.3, 0.4) is 0 Å². The van der Waals surface area contributed by atoms with E-state index in [1.165, 1.54) is 12.1 Å². The van der Waals surface area contributed by atoms with Crippen molar-refractivity contribution in [3.8, 4) is 5.75 Å². The molecule has 0 radical (unpaired) electrons. The number of hydrogen-bond acceptors (Lipinski definition) is 5. The van der Waals surface area contributed by atoms with E-state index < -0.39 is 4.92 Å². The lowest BCUT2D eigenvalue weighted by Gasteiger charge is -2.09. The molecule has 7 heteroatoms. The fraction of sp³-hybridized carbons (Fsp3) is 0.235. The maximum Gasteiger partial charge on any atom is 0.293 e. The largest absolute Gasteiger partial charge is 0.492 e. The number of amides is 1. The van der Waals surface area contributed by atoms with Gasteiger partial charge in [0.1, 0.15) is 18.0 Å². The molecule has 0 saturated carbocycles. The molecule has 0 aliphatic heterocycles. The summed E-state index contributed by atoms with van der Waals surface area (Å²) in [5, 5.41) is 16.7. The van der Waals surface area contributed by atoms with Gasteiger partial charge in [0.15, 0.2) is 0 Å². The Morgan fingerprint density at radius 1 is 1.21 bits per heavy atom. The zero-order valence-electron chi connectivity index (χ0n) is 13.3. The average molecular weight is 329 g/mol. The van der Waals surface area contributed by atoms with Crippen molar-refractivity contribution in [2.75, 3.05) is 25.0 Å². The minimum atomic E-state index is -0.507. The molecule has 0 aliphatic rings. The number of ether oxygens (including phenoxy) is 1. The van der Waals surface area contributed by atoms with Crippen molar-refractivity contribution in [3.63, 3.8) is 0 Å². The number of anilines is 1. The van der Waals surface area contributed by atoms with Crippen molar-refractivity contribution >= 4 is 17.3 Å².